The molecule has 0 saturated carbocycles. The quantitative estimate of drug-likeness (QED) is 0.815. The van der Waals surface area contributed by atoms with Crippen molar-refractivity contribution in [2.45, 2.75) is 6.42 Å². The van der Waals surface area contributed by atoms with Crippen LogP contribution in [0.1, 0.15) is 5.56 Å². The maximum atomic E-state index is 8.63. The van der Waals surface area contributed by atoms with Crippen LogP contribution < -0.4 is 10.5 Å². The maximum absolute atomic E-state index is 8.63. The molecule has 0 aliphatic rings. The molecule has 2 aromatic rings. The molecular weight excluding hydrogens is 212 g/mol. The first-order chi connectivity index (χ1) is 8.28. The van der Waals surface area contributed by atoms with Crippen LogP contribution in [-0.2, 0) is 6.42 Å². The average molecular weight is 224 g/mol. The molecule has 0 saturated heterocycles. The molecule has 0 fully saturated rings. The van der Waals surface area contributed by atoms with E-state index in [-0.39, 0.29) is 0 Å². The summed E-state index contributed by atoms with van der Waals surface area (Å²) >= 11 is 0. The molecule has 0 unspecified atom stereocenters. The standard InChI is InChI=1S/C14H12N2O/c15-9-8-11-2-1-3-14(10-11)17-13-6-4-12(16)5-7-13/h1-7,10H,8,16H2. The number of nitrogens with two attached hydrogens (primary N) is 1. The highest BCUT2D eigenvalue weighted by Gasteiger charge is 1.98. The second-order valence-electron chi connectivity index (χ2n) is 3.65. The summed E-state index contributed by atoms with van der Waals surface area (Å²) in [6.07, 6.45) is 0.388. The molecule has 0 aliphatic heterocycles. The molecule has 0 aromatic heterocycles. The van der Waals surface area contributed by atoms with E-state index in [1.807, 2.05) is 36.4 Å². The van der Waals surface area contributed by atoms with Crippen LogP contribution in [0.3, 0.4) is 0 Å². The first-order valence-corrected chi connectivity index (χ1v) is 5.27. The monoisotopic (exact) mass is 224 g/mol. The molecule has 3 heteroatoms. The van der Waals surface area contributed by atoms with Crippen LogP contribution in [0.2, 0.25) is 0 Å². The molecule has 0 bridgehead atoms. The first-order valence-electron chi connectivity index (χ1n) is 5.27. The summed E-state index contributed by atoms with van der Waals surface area (Å²) in [5.74, 6) is 1.45. The topological polar surface area (TPSA) is 59.0 Å². The van der Waals surface area contributed by atoms with Crippen molar-refractivity contribution < 1.29 is 4.74 Å². The first kappa shape index (κ1) is 11.0. The molecule has 84 valence electrons. The Hall–Kier alpha value is -2.47. The Morgan fingerprint density at radius 3 is 2.53 bits per heavy atom. The zero-order chi connectivity index (χ0) is 12.1. The van der Waals surface area contributed by atoms with Gasteiger partial charge in [0.2, 0.25) is 0 Å². The Morgan fingerprint density at radius 2 is 1.82 bits per heavy atom. The van der Waals surface area contributed by atoms with Crippen LogP contribution >= 0.6 is 0 Å². The molecule has 2 rings (SSSR count). The minimum absolute atomic E-state index is 0.388. The van der Waals surface area contributed by atoms with E-state index >= 15 is 0 Å². The molecule has 0 heterocycles. The van der Waals surface area contributed by atoms with Gasteiger partial charge in [-0.1, -0.05) is 12.1 Å². The van der Waals surface area contributed by atoms with Gasteiger partial charge in [0.1, 0.15) is 11.5 Å². The van der Waals surface area contributed by atoms with Crippen molar-refractivity contribution in [2.75, 3.05) is 5.73 Å². The summed E-state index contributed by atoms with van der Waals surface area (Å²) in [5.41, 5.74) is 7.24. The molecular formula is C14H12N2O. The minimum Gasteiger partial charge on any atom is -0.457 e. The summed E-state index contributed by atoms with van der Waals surface area (Å²) in [4.78, 5) is 0. The van der Waals surface area contributed by atoms with E-state index in [0.29, 0.717) is 12.1 Å². The van der Waals surface area contributed by atoms with E-state index < -0.39 is 0 Å². The largest absolute Gasteiger partial charge is 0.457 e. The van der Waals surface area contributed by atoms with Crippen molar-refractivity contribution in [1.29, 1.82) is 5.26 Å². The number of nitrogen functional groups attached to an aromatic ring is 1. The van der Waals surface area contributed by atoms with Crippen molar-refractivity contribution in [2.24, 2.45) is 0 Å². The lowest BCUT2D eigenvalue weighted by Crippen LogP contribution is -1.88. The summed E-state index contributed by atoms with van der Waals surface area (Å²) < 4.78 is 5.66. The Kier molecular flexibility index (Phi) is 3.27. The van der Waals surface area contributed by atoms with Crippen molar-refractivity contribution in [3.8, 4) is 17.6 Å². The molecule has 0 aliphatic carbocycles. The third kappa shape index (κ3) is 2.99. The summed E-state index contributed by atoms with van der Waals surface area (Å²) in [5, 5.41) is 8.63. The zero-order valence-corrected chi connectivity index (χ0v) is 9.26. The van der Waals surface area contributed by atoms with Gasteiger partial charge in [-0.3, -0.25) is 0 Å². The van der Waals surface area contributed by atoms with E-state index in [4.69, 9.17) is 15.7 Å². The number of ether oxygens (including phenoxy) is 1. The lowest BCUT2D eigenvalue weighted by Gasteiger charge is -2.06. The fraction of sp³-hybridized carbons (Fsp3) is 0.0714. The number of anilines is 1. The lowest BCUT2D eigenvalue weighted by atomic mass is 10.1. The highest BCUT2D eigenvalue weighted by molar-refractivity contribution is 5.43. The normalized spacial score (nSPS) is 9.59. The lowest BCUT2D eigenvalue weighted by molar-refractivity contribution is 0.482. The van der Waals surface area contributed by atoms with Crippen LogP contribution in [0.4, 0.5) is 5.69 Å². The van der Waals surface area contributed by atoms with Crippen LogP contribution in [0.25, 0.3) is 0 Å². The van der Waals surface area contributed by atoms with Crippen molar-refractivity contribution in [1.82, 2.24) is 0 Å². The Morgan fingerprint density at radius 1 is 1.06 bits per heavy atom. The molecule has 17 heavy (non-hydrogen) atoms. The molecule has 0 atom stereocenters. The number of benzene rings is 2. The van der Waals surface area contributed by atoms with Crippen molar-refractivity contribution >= 4 is 5.69 Å². The third-order valence-corrected chi connectivity index (χ3v) is 2.30. The molecule has 3 nitrogen and oxygen atoms in total. The van der Waals surface area contributed by atoms with E-state index in [0.717, 1.165) is 17.1 Å². The van der Waals surface area contributed by atoms with Crippen LogP contribution in [-0.4, -0.2) is 0 Å². The minimum atomic E-state index is 0.388. The van der Waals surface area contributed by atoms with E-state index in [1.54, 1.807) is 12.1 Å². The number of rotatable bonds is 3. The fourth-order valence-corrected chi connectivity index (χ4v) is 1.48. The van der Waals surface area contributed by atoms with Gasteiger partial charge in [0.05, 0.1) is 12.5 Å². The SMILES string of the molecule is N#CCc1cccc(Oc2ccc(N)cc2)c1. The Bertz CT molecular complexity index is 541. The van der Waals surface area contributed by atoms with E-state index in [9.17, 15) is 0 Å². The van der Waals surface area contributed by atoms with Gasteiger partial charge in [-0.05, 0) is 42.0 Å². The predicted molar refractivity (Wildman–Crippen MR) is 66.7 cm³/mol. The number of nitriles is 1. The summed E-state index contributed by atoms with van der Waals surface area (Å²) in [6.45, 7) is 0. The van der Waals surface area contributed by atoms with E-state index in [2.05, 4.69) is 6.07 Å². The van der Waals surface area contributed by atoms with Gasteiger partial charge in [-0.2, -0.15) is 5.26 Å². The highest BCUT2D eigenvalue weighted by Crippen LogP contribution is 2.23. The predicted octanol–water partition coefficient (Wildman–Crippen LogP) is 3.13. The van der Waals surface area contributed by atoms with Crippen LogP contribution in [0.15, 0.2) is 48.5 Å². The number of hydrogen-bond donors (Lipinski definition) is 1. The molecule has 2 N–H and O–H groups in total. The number of nitrogens with zero attached hydrogens (tertiary/aromatic N) is 1. The summed E-state index contributed by atoms with van der Waals surface area (Å²) in [7, 11) is 0. The van der Waals surface area contributed by atoms with Gasteiger partial charge in [0.25, 0.3) is 0 Å². The number of hydrogen-bond acceptors (Lipinski definition) is 3. The third-order valence-electron chi connectivity index (χ3n) is 2.30. The van der Waals surface area contributed by atoms with Gasteiger partial charge in [0, 0.05) is 5.69 Å². The van der Waals surface area contributed by atoms with Crippen molar-refractivity contribution in [3.05, 3.63) is 54.1 Å². The Labute approximate surface area is 100 Å². The maximum Gasteiger partial charge on any atom is 0.127 e. The average Bonchev–Trinajstić information content (AvgIpc) is 2.33. The second-order valence-corrected chi connectivity index (χ2v) is 3.65. The van der Waals surface area contributed by atoms with Gasteiger partial charge >= 0.3 is 0 Å². The van der Waals surface area contributed by atoms with Gasteiger partial charge in [-0.15, -0.1) is 0 Å². The molecule has 0 radical (unpaired) electrons. The van der Waals surface area contributed by atoms with Gasteiger partial charge < -0.3 is 10.5 Å². The summed E-state index contributed by atoms with van der Waals surface area (Å²) in [6, 6.07) is 16.8. The van der Waals surface area contributed by atoms with Crippen LogP contribution in [0.5, 0.6) is 11.5 Å². The molecule has 0 spiro atoms. The fourth-order valence-electron chi connectivity index (χ4n) is 1.48. The Balaban J connectivity index is 2.16. The van der Waals surface area contributed by atoms with E-state index in [1.165, 1.54) is 0 Å². The smallest absolute Gasteiger partial charge is 0.127 e. The van der Waals surface area contributed by atoms with Crippen molar-refractivity contribution in [3.63, 3.8) is 0 Å². The highest BCUT2D eigenvalue weighted by atomic mass is 16.5. The molecule has 2 aromatic carbocycles. The zero-order valence-electron chi connectivity index (χ0n) is 9.26. The second kappa shape index (κ2) is 5.04. The van der Waals surface area contributed by atoms with Gasteiger partial charge in [0.15, 0.2) is 0 Å². The van der Waals surface area contributed by atoms with Crippen LogP contribution in [0, 0.1) is 11.3 Å². The molecule has 0 amide bonds. The van der Waals surface area contributed by atoms with Gasteiger partial charge in [-0.25, -0.2) is 0 Å².